The quantitative estimate of drug-likeness (QED) is 0.329. The van der Waals surface area contributed by atoms with Gasteiger partial charge in [-0.15, -0.1) is 24.0 Å². The molecule has 0 aromatic heterocycles. The average molecular weight is 407 g/mol. The predicted octanol–water partition coefficient (Wildman–Crippen LogP) is 3.34. The Bertz CT molecular complexity index is 422. The Morgan fingerprint density at radius 2 is 2.00 bits per heavy atom. The monoisotopic (exact) mass is 407 g/mol. The summed E-state index contributed by atoms with van der Waals surface area (Å²) in [6, 6.07) is 6.54. The summed E-state index contributed by atoms with van der Waals surface area (Å²) in [6.45, 7) is 6.05. The lowest BCUT2D eigenvalue weighted by Gasteiger charge is -2.13. The standard InChI is InChI=1S/C15H25N3S.HI/c1-12-6-7-14(13(2)10-12)11-18-15(16-3)17-8-5-9-19-4;/h6-7,10H,5,8-9,11H2,1-4H3,(H2,16,17,18);1H. The van der Waals surface area contributed by atoms with E-state index in [0.717, 1.165) is 25.5 Å². The van der Waals surface area contributed by atoms with Gasteiger partial charge in [0.1, 0.15) is 0 Å². The van der Waals surface area contributed by atoms with Crippen LogP contribution in [0.5, 0.6) is 0 Å². The molecule has 0 fully saturated rings. The molecule has 1 aromatic carbocycles. The van der Waals surface area contributed by atoms with Gasteiger partial charge in [-0.25, -0.2) is 0 Å². The highest BCUT2D eigenvalue weighted by molar-refractivity contribution is 14.0. The van der Waals surface area contributed by atoms with E-state index in [9.17, 15) is 0 Å². The maximum atomic E-state index is 4.24. The SMILES string of the molecule is CN=C(NCCCSC)NCc1ccc(C)cc1C.I. The lowest BCUT2D eigenvalue weighted by molar-refractivity contribution is 0.784. The zero-order valence-electron chi connectivity index (χ0n) is 12.8. The molecule has 0 saturated heterocycles. The number of aryl methyl sites for hydroxylation is 2. The maximum absolute atomic E-state index is 4.24. The topological polar surface area (TPSA) is 36.4 Å². The number of nitrogens with one attached hydrogen (secondary N) is 2. The first kappa shape index (κ1) is 19.6. The van der Waals surface area contributed by atoms with Gasteiger partial charge in [-0.1, -0.05) is 23.8 Å². The van der Waals surface area contributed by atoms with Crippen LogP contribution in [0.4, 0.5) is 0 Å². The molecule has 2 N–H and O–H groups in total. The van der Waals surface area contributed by atoms with Crippen LogP contribution < -0.4 is 10.6 Å². The van der Waals surface area contributed by atoms with E-state index in [4.69, 9.17) is 0 Å². The van der Waals surface area contributed by atoms with Gasteiger partial charge >= 0.3 is 0 Å². The van der Waals surface area contributed by atoms with E-state index in [2.05, 4.69) is 53.9 Å². The summed E-state index contributed by atoms with van der Waals surface area (Å²) in [7, 11) is 1.81. The Labute approximate surface area is 144 Å². The van der Waals surface area contributed by atoms with Crippen molar-refractivity contribution in [1.29, 1.82) is 0 Å². The summed E-state index contributed by atoms with van der Waals surface area (Å²) < 4.78 is 0. The first-order chi connectivity index (χ1) is 9.17. The second-order valence-corrected chi connectivity index (χ2v) is 5.61. The molecule has 20 heavy (non-hydrogen) atoms. The number of guanidine groups is 1. The largest absolute Gasteiger partial charge is 0.356 e. The molecule has 3 nitrogen and oxygen atoms in total. The van der Waals surface area contributed by atoms with Crippen LogP contribution in [0.2, 0.25) is 0 Å². The molecule has 0 unspecified atom stereocenters. The van der Waals surface area contributed by atoms with E-state index >= 15 is 0 Å². The Hall–Kier alpha value is -0.430. The lowest BCUT2D eigenvalue weighted by atomic mass is 10.1. The molecule has 0 amide bonds. The van der Waals surface area contributed by atoms with Crippen molar-refractivity contribution in [3.63, 3.8) is 0 Å². The summed E-state index contributed by atoms with van der Waals surface area (Å²) in [4.78, 5) is 4.24. The van der Waals surface area contributed by atoms with Crippen LogP contribution in [-0.2, 0) is 6.54 Å². The molecule has 1 rings (SSSR count). The van der Waals surface area contributed by atoms with Crippen LogP contribution >= 0.6 is 35.7 Å². The number of rotatable bonds is 6. The third kappa shape index (κ3) is 7.38. The average Bonchev–Trinajstić information content (AvgIpc) is 2.40. The van der Waals surface area contributed by atoms with Crippen molar-refractivity contribution in [1.82, 2.24) is 10.6 Å². The van der Waals surface area contributed by atoms with Gasteiger partial charge in [0.05, 0.1) is 0 Å². The van der Waals surface area contributed by atoms with Crippen molar-refractivity contribution in [3.05, 3.63) is 34.9 Å². The van der Waals surface area contributed by atoms with Gasteiger partial charge < -0.3 is 10.6 Å². The van der Waals surface area contributed by atoms with Crippen LogP contribution in [0, 0.1) is 13.8 Å². The van der Waals surface area contributed by atoms with Crippen molar-refractivity contribution in [2.24, 2.45) is 4.99 Å². The first-order valence-electron chi connectivity index (χ1n) is 6.67. The number of halogens is 1. The molecule has 0 aliphatic heterocycles. The zero-order valence-corrected chi connectivity index (χ0v) is 16.0. The molecule has 5 heteroatoms. The molecule has 0 atom stereocenters. The molecular weight excluding hydrogens is 381 g/mol. The second-order valence-electron chi connectivity index (χ2n) is 4.63. The summed E-state index contributed by atoms with van der Waals surface area (Å²) in [5, 5.41) is 6.69. The fraction of sp³-hybridized carbons (Fsp3) is 0.533. The van der Waals surface area contributed by atoms with Crippen LogP contribution in [-0.4, -0.2) is 31.6 Å². The summed E-state index contributed by atoms with van der Waals surface area (Å²) >= 11 is 1.87. The third-order valence-corrected chi connectivity index (χ3v) is 3.68. The molecule has 1 aromatic rings. The molecule has 0 heterocycles. The lowest BCUT2D eigenvalue weighted by Crippen LogP contribution is -2.37. The fourth-order valence-corrected chi connectivity index (χ4v) is 2.30. The van der Waals surface area contributed by atoms with E-state index in [0.29, 0.717) is 0 Å². The highest BCUT2D eigenvalue weighted by Crippen LogP contribution is 2.09. The number of hydrogen-bond donors (Lipinski definition) is 2. The first-order valence-corrected chi connectivity index (χ1v) is 8.06. The molecule has 0 spiro atoms. The number of benzene rings is 1. The molecule has 0 aliphatic carbocycles. The van der Waals surface area contributed by atoms with Crippen molar-refractivity contribution < 1.29 is 0 Å². The molecule has 0 bridgehead atoms. The third-order valence-electron chi connectivity index (χ3n) is 2.99. The summed E-state index contributed by atoms with van der Waals surface area (Å²) in [5.41, 5.74) is 3.95. The van der Waals surface area contributed by atoms with Gasteiger partial charge in [0.15, 0.2) is 5.96 Å². The van der Waals surface area contributed by atoms with E-state index in [-0.39, 0.29) is 24.0 Å². The number of aliphatic imine (C=N–C) groups is 1. The van der Waals surface area contributed by atoms with Crippen LogP contribution in [0.1, 0.15) is 23.1 Å². The smallest absolute Gasteiger partial charge is 0.191 e. The number of nitrogens with zero attached hydrogens (tertiary/aromatic N) is 1. The highest BCUT2D eigenvalue weighted by atomic mass is 127. The van der Waals surface area contributed by atoms with Gasteiger partial charge in [0, 0.05) is 20.1 Å². The summed E-state index contributed by atoms with van der Waals surface area (Å²) in [5.74, 6) is 2.06. The Morgan fingerprint density at radius 1 is 1.25 bits per heavy atom. The summed E-state index contributed by atoms with van der Waals surface area (Å²) in [6.07, 6.45) is 3.29. The molecule has 0 radical (unpaired) electrons. The highest BCUT2D eigenvalue weighted by Gasteiger charge is 2.01. The van der Waals surface area contributed by atoms with Crippen molar-refractivity contribution in [2.75, 3.05) is 25.6 Å². The predicted molar refractivity (Wildman–Crippen MR) is 103 cm³/mol. The fourth-order valence-electron chi connectivity index (χ4n) is 1.87. The number of hydrogen-bond acceptors (Lipinski definition) is 2. The molecule has 0 aliphatic rings. The van der Waals surface area contributed by atoms with Gasteiger partial charge in [0.25, 0.3) is 0 Å². The van der Waals surface area contributed by atoms with Crippen molar-refractivity contribution in [3.8, 4) is 0 Å². The molecule has 114 valence electrons. The van der Waals surface area contributed by atoms with Gasteiger partial charge in [-0.3, -0.25) is 4.99 Å². The van der Waals surface area contributed by atoms with Crippen LogP contribution in [0.3, 0.4) is 0 Å². The normalized spacial score (nSPS) is 10.9. The molecular formula is C15H26IN3S. The maximum Gasteiger partial charge on any atom is 0.191 e. The van der Waals surface area contributed by atoms with Crippen LogP contribution in [0.15, 0.2) is 23.2 Å². The van der Waals surface area contributed by atoms with E-state index < -0.39 is 0 Å². The van der Waals surface area contributed by atoms with Crippen molar-refractivity contribution >= 4 is 41.7 Å². The van der Waals surface area contributed by atoms with Gasteiger partial charge in [-0.2, -0.15) is 11.8 Å². The zero-order chi connectivity index (χ0) is 14.1. The Kier molecular flexibility index (Phi) is 11.0. The minimum absolute atomic E-state index is 0. The minimum atomic E-state index is 0. The van der Waals surface area contributed by atoms with E-state index in [1.54, 1.807) is 0 Å². The number of thioether (sulfide) groups is 1. The Balaban J connectivity index is 0.00000361. The van der Waals surface area contributed by atoms with Gasteiger partial charge in [0.2, 0.25) is 0 Å². The van der Waals surface area contributed by atoms with E-state index in [1.165, 1.54) is 22.4 Å². The van der Waals surface area contributed by atoms with Crippen molar-refractivity contribution in [2.45, 2.75) is 26.8 Å². The van der Waals surface area contributed by atoms with Gasteiger partial charge in [-0.05, 0) is 43.4 Å². The van der Waals surface area contributed by atoms with E-state index in [1.807, 2.05) is 18.8 Å². The second kappa shape index (κ2) is 11.3. The minimum Gasteiger partial charge on any atom is -0.356 e. The Morgan fingerprint density at radius 3 is 2.60 bits per heavy atom. The molecule has 0 saturated carbocycles. The van der Waals surface area contributed by atoms with Crippen LogP contribution in [0.25, 0.3) is 0 Å².